The number of carbonyl (C=O) groups excluding carboxylic acids is 4. The number of epoxide rings is 1. The van der Waals surface area contributed by atoms with Gasteiger partial charge in [0.05, 0.1) is 6.61 Å². The SMILES string of the molecule is CCOC(=O)[C@H](Cc1ccc(OCc2ccccc2)cc1)NC(=O)[C@H]1O[C@@H]1C(=O)N[C@H](CCCC(=O)O)C(=O)NCCc1ccccc1. The number of benzene rings is 3. The fraction of sp³-hybridized carbons (Fsp3) is 0.361. The van der Waals surface area contributed by atoms with Gasteiger partial charge in [-0.25, -0.2) is 4.79 Å². The van der Waals surface area contributed by atoms with Gasteiger partial charge in [0.2, 0.25) is 5.91 Å². The van der Waals surface area contributed by atoms with Gasteiger partial charge in [0.1, 0.15) is 24.4 Å². The standard InChI is InChI=1S/C36H41N3O9/c1-2-46-36(45)29(22-25-16-18-27(19-17-25)47-23-26-12-7-4-8-13-26)39-35(44)32-31(48-32)34(43)38-28(14-9-15-30(40)41)33(42)37-21-20-24-10-5-3-6-11-24/h3-8,10-13,16-19,28-29,31-32H,2,9,14-15,20-23H2,1H3,(H,37,42)(H,38,43)(H,39,44)(H,40,41)/t28-,29+,31+,32+/m1/s1. The molecule has 48 heavy (non-hydrogen) atoms. The predicted molar refractivity (Wildman–Crippen MR) is 175 cm³/mol. The van der Waals surface area contributed by atoms with E-state index in [0.29, 0.717) is 25.3 Å². The molecule has 0 unspecified atom stereocenters. The maximum absolute atomic E-state index is 13.1. The Balaban J connectivity index is 1.30. The summed E-state index contributed by atoms with van der Waals surface area (Å²) in [5, 5.41) is 17.0. The van der Waals surface area contributed by atoms with Crippen molar-refractivity contribution in [3.05, 3.63) is 102 Å². The first-order valence-corrected chi connectivity index (χ1v) is 16.0. The van der Waals surface area contributed by atoms with Crippen LogP contribution in [-0.4, -0.2) is 72.2 Å². The lowest BCUT2D eigenvalue weighted by Gasteiger charge is -2.18. The summed E-state index contributed by atoms with van der Waals surface area (Å²) in [6, 6.07) is 24.3. The second-order valence-electron chi connectivity index (χ2n) is 11.3. The molecule has 4 atom stereocenters. The number of carboxylic acid groups (broad SMARTS) is 1. The van der Waals surface area contributed by atoms with Crippen molar-refractivity contribution in [1.29, 1.82) is 0 Å². The zero-order valence-electron chi connectivity index (χ0n) is 26.8. The highest BCUT2D eigenvalue weighted by Crippen LogP contribution is 2.24. The van der Waals surface area contributed by atoms with Gasteiger partial charge in [-0.05, 0) is 55.0 Å². The van der Waals surface area contributed by atoms with Gasteiger partial charge in [0.25, 0.3) is 11.8 Å². The van der Waals surface area contributed by atoms with Crippen molar-refractivity contribution in [2.45, 2.75) is 69.9 Å². The molecule has 254 valence electrons. The summed E-state index contributed by atoms with van der Waals surface area (Å²) in [7, 11) is 0. The van der Waals surface area contributed by atoms with E-state index in [-0.39, 0.29) is 32.3 Å². The third kappa shape index (κ3) is 11.5. The van der Waals surface area contributed by atoms with E-state index in [1.54, 1.807) is 31.2 Å². The Morgan fingerprint density at radius 3 is 2.00 bits per heavy atom. The van der Waals surface area contributed by atoms with Gasteiger partial charge in [-0.2, -0.15) is 0 Å². The summed E-state index contributed by atoms with van der Waals surface area (Å²) in [5.74, 6) is -2.84. The Morgan fingerprint density at radius 1 is 0.792 bits per heavy atom. The lowest BCUT2D eigenvalue weighted by atomic mass is 10.1. The molecule has 0 bridgehead atoms. The number of nitrogens with one attached hydrogen (secondary N) is 3. The molecule has 1 fully saturated rings. The van der Waals surface area contributed by atoms with Gasteiger partial charge in [-0.1, -0.05) is 72.8 Å². The molecule has 0 radical (unpaired) electrons. The van der Waals surface area contributed by atoms with Crippen molar-refractivity contribution in [3.8, 4) is 5.75 Å². The average Bonchev–Trinajstić information content (AvgIpc) is 3.90. The molecular weight excluding hydrogens is 618 g/mol. The van der Waals surface area contributed by atoms with Crippen LogP contribution in [0.1, 0.15) is 42.9 Å². The van der Waals surface area contributed by atoms with Gasteiger partial charge in [0, 0.05) is 19.4 Å². The molecule has 12 nitrogen and oxygen atoms in total. The van der Waals surface area contributed by atoms with E-state index in [2.05, 4.69) is 16.0 Å². The number of aliphatic carboxylic acids is 1. The summed E-state index contributed by atoms with van der Waals surface area (Å²) in [6.45, 7) is 2.49. The lowest BCUT2D eigenvalue weighted by Crippen LogP contribution is -2.49. The Kier molecular flexibility index (Phi) is 13.5. The van der Waals surface area contributed by atoms with Crippen LogP contribution in [0.25, 0.3) is 0 Å². The number of hydrogen-bond donors (Lipinski definition) is 4. The summed E-state index contributed by atoms with van der Waals surface area (Å²) >= 11 is 0. The minimum absolute atomic E-state index is 0.0831. The topological polar surface area (TPSA) is 173 Å². The first kappa shape index (κ1) is 35.6. The molecule has 1 aliphatic rings. The molecule has 0 saturated carbocycles. The van der Waals surface area contributed by atoms with Crippen LogP contribution in [0.15, 0.2) is 84.9 Å². The van der Waals surface area contributed by atoms with Crippen LogP contribution in [0.2, 0.25) is 0 Å². The molecule has 1 aliphatic heterocycles. The molecule has 3 aromatic carbocycles. The number of rotatable bonds is 19. The molecule has 12 heteroatoms. The normalized spacial score (nSPS) is 16.1. The minimum Gasteiger partial charge on any atom is -0.489 e. The van der Waals surface area contributed by atoms with Crippen molar-refractivity contribution in [3.63, 3.8) is 0 Å². The summed E-state index contributed by atoms with van der Waals surface area (Å²) < 4.78 is 16.3. The minimum atomic E-state index is -1.17. The first-order chi connectivity index (χ1) is 23.2. The Morgan fingerprint density at radius 2 is 1.40 bits per heavy atom. The fourth-order valence-electron chi connectivity index (χ4n) is 4.98. The third-order valence-electron chi connectivity index (χ3n) is 7.58. The van der Waals surface area contributed by atoms with Gasteiger partial charge in [-0.15, -0.1) is 0 Å². The highest BCUT2D eigenvalue weighted by Gasteiger charge is 2.51. The summed E-state index contributed by atoms with van der Waals surface area (Å²) in [6.07, 6.45) is -1.58. The van der Waals surface area contributed by atoms with Crippen LogP contribution < -0.4 is 20.7 Å². The predicted octanol–water partition coefficient (Wildman–Crippen LogP) is 2.72. The van der Waals surface area contributed by atoms with E-state index in [1.807, 2.05) is 60.7 Å². The molecular formula is C36H41N3O9. The molecule has 0 aromatic heterocycles. The van der Waals surface area contributed by atoms with Gasteiger partial charge in [-0.3, -0.25) is 19.2 Å². The largest absolute Gasteiger partial charge is 0.489 e. The zero-order chi connectivity index (χ0) is 34.3. The van der Waals surface area contributed by atoms with Gasteiger partial charge in [0.15, 0.2) is 12.2 Å². The Hall–Kier alpha value is -5.23. The lowest BCUT2D eigenvalue weighted by molar-refractivity contribution is -0.147. The molecule has 0 aliphatic carbocycles. The molecule has 4 rings (SSSR count). The molecule has 0 spiro atoms. The number of esters is 1. The quantitative estimate of drug-likeness (QED) is 0.112. The van der Waals surface area contributed by atoms with E-state index in [4.69, 9.17) is 19.3 Å². The number of amides is 3. The second kappa shape index (κ2) is 18.2. The van der Waals surface area contributed by atoms with Crippen molar-refractivity contribution in [2.75, 3.05) is 13.2 Å². The number of carboxylic acids is 1. The second-order valence-corrected chi connectivity index (χ2v) is 11.3. The number of ether oxygens (including phenoxy) is 3. The van der Waals surface area contributed by atoms with Gasteiger partial charge < -0.3 is 35.3 Å². The maximum Gasteiger partial charge on any atom is 0.328 e. The molecule has 1 saturated heterocycles. The van der Waals surface area contributed by atoms with Crippen LogP contribution in [0.5, 0.6) is 5.75 Å². The highest BCUT2D eigenvalue weighted by molar-refractivity contribution is 5.98. The number of carbonyl (C=O) groups is 5. The van der Waals surface area contributed by atoms with Crippen LogP contribution in [0, 0.1) is 0 Å². The average molecular weight is 660 g/mol. The fourth-order valence-corrected chi connectivity index (χ4v) is 4.98. The summed E-state index contributed by atoms with van der Waals surface area (Å²) in [5.41, 5.74) is 2.79. The third-order valence-corrected chi connectivity index (χ3v) is 7.58. The van der Waals surface area contributed by atoms with Crippen molar-refractivity contribution in [1.82, 2.24) is 16.0 Å². The number of hydrogen-bond acceptors (Lipinski definition) is 8. The molecule has 1 heterocycles. The van der Waals surface area contributed by atoms with E-state index in [0.717, 1.165) is 16.7 Å². The highest BCUT2D eigenvalue weighted by atomic mass is 16.6. The Labute approximate surface area is 279 Å². The van der Waals surface area contributed by atoms with E-state index in [1.165, 1.54) is 0 Å². The molecule has 3 aromatic rings. The van der Waals surface area contributed by atoms with Crippen molar-refractivity contribution in [2.24, 2.45) is 0 Å². The van der Waals surface area contributed by atoms with Crippen LogP contribution in [0.4, 0.5) is 0 Å². The Bertz CT molecular complexity index is 1520. The zero-order valence-corrected chi connectivity index (χ0v) is 26.8. The monoisotopic (exact) mass is 659 g/mol. The van der Waals surface area contributed by atoms with Crippen LogP contribution in [0.3, 0.4) is 0 Å². The van der Waals surface area contributed by atoms with E-state index < -0.39 is 54.0 Å². The van der Waals surface area contributed by atoms with E-state index >= 15 is 0 Å². The van der Waals surface area contributed by atoms with Gasteiger partial charge >= 0.3 is 11.9 Å². The van der Waals surface area contributed by atoms with E-state index in [9.17, 15) is 24.0 Å². The van der Waals surface area contributed by atoms with Crippen LogP contribution in [-0.2, 0) is 52.9 Å². The molecule has 3 amide bonds. The maximum atomic E-state index is 13.1. The molecule has 4 N–H and O–H groups in total. The smallest absolute Gasteiger partial charge is 0.328 e. The first-order valence-electron chi connectivity index (χ1n) is 16.0. The van der Waals surface area contributed by atoms with Crippen molar-refractivity contribution >= 4 is 29.7 Å². The summed E-state index contributed by atoms with van der Waals surface area (Å²) in [4.78, 5) is 62.8. The van der Waals surface area contributed by atoms with Crippen LogP contribution >= 0.6 is 0 Å². The van der Waals surface area contributed by atoms with Crippen molar-refractivity contribution < 1.29 is 43.3 Å².